The first kappa shape index (κ1) is 9.80. The topological polar surface area (TPSA) is 33.1 Å². The first-order valence-electron chi connectivity index (χ1n) is 4.61. The Morgan fingerprint density at radius 1 is 1.07 bits per heavy atom. The zero-order valence-electron chi connectivity index (χ0n) is 8.02. The van der Waals surface area contributed by atoms with Crippen LogP contribution in [0, 0.1) is 5.82 Å². The minimum absolute atomic E-state index is 0.287. The van der Waals surface area contributed by atoms with Crippen molar-refractivity contribution in [3.63, 3.8) is 0 Å². The highest BCUT2D eigenvalue weighted by Gasteiger charge is 2.03. The van der Waals surface area contributed by atoms with Crippen molar-refractivity contribution in [3.8, 4) is 11.1 Å². The molecule has 76 valence electrons. The second-order valence-corrected chi connectivity index (χ2v) is 3.20. The van der Waals surface area contributed by atoms with Crippen LogP contribution < -0.4 is 0 Å². The number of hydrogen-bond donors (Lipinski definition) is 1. The number of nitrogens with zero attached hydrogens (tertiary/aromatic N) is 1. The fourth-order valence-electron chi connectivity index (χ4n) is 1.42. The van der Waals surface area contributed by atoms with Crippen molar-refractivity contribution in [2.45, 2.75) is 6.61 Å². The summed E-state index contributed by atoms with van der Waals surface area (Å²) in [7, 11) is 0. The third kappa shape index (κ3) is 2.02. The Balaban J connectivity index is 2.46. The largest absolute Gasteiger partial charge is 0.392 e. The molecule has 0 radical (unpaired) electrons. The molecule has 0 saturated carbocycles. The zero-order chi connectivity index (χ0) is 10.7. The van der Waals surface area contributed by atoms with Crippen molar-refractivity contribution in [1.29, 1.82) is 0 Å². The standard InChI is InChI=1S/C12H10FNO/c13-12-2-1-10(7-11(12)8-15)9-3-5-14-6-4-9/h1-7,15H,8H2. The van der Waals surface area contributed by atoms with E-state index in [1.807, 2.05) is 12.1 Å². The number of aliphatic hydroxyl groups excluding tert-OH is 1. The molecule has 0 amide bonds. The van der Waals surface area contributed by atoms with Crippen molar-refractivity contribution in [3.05, 3.63) is 54.1 Å². The molecule has 1 aromatic heterocycles. The van der Waals surface area contributed by atoms with Crippen LogP contribution in [0.1, 0.15) is 5.56 Å². The fourth-order valence-corrected chi connectivity index (χ4v) is 1.42. The van der Waals surface area contributed by atoms with Gasteiger partial charge in [0.2, 0.25) is 0 Å². The van der Waals surface area contributed by atoms with Gasteiger partial charge in [0.15, 0.2) is 0 Å². The van der Waals surface area contributed by atoms with Gasteiger partial charge in [-0.25, -0.2) is 4.39 Å². The minimum atomic E-state index is -0.379. The molecular formula is C12H10FNO. The van der Waals surface area contributed by atoms with Gasteiger partial charge in [-0.15, -0.1) is 0 Å². The Hall–Kier alpha value is -1.74. The summed E-state index contributed by atoms with van der Waals surface area (Å²) >= 11 is 0. The van der Waals surface area contributed by atoms with E-state index in [2.05, 4.69) is 4.98 Å². The maximum atomic E-state index is 13.1. The Morgan fingerprint density at radius 3 is 2.47 bits per heavy atom. The van der Waals surface area contributed by atoms with E-state index in [0.29, 0.717) is 5.56 Å². The van der Waals surface area contributed by atoms with Gasteiger partial charge in [-0.2, -0.15) is 0 Å². The lowest BCUT2D eigenvalue weighted by Gasteiger charge is -2.04. The van der Waals surface area contributed by atoms with Crippen molar-refractivity contribution in [1.82, 2.24) is 4.98 Å². The first-order chi connectivity index (χ1) is 7.31. The number of halogens is 1. The smallest absolute Gasteiger partial charge is 0.128 e. The molecule has 2 rings (SSSR count). The maximum absolute atomic E-state index is 13.1. The summed E-state index contributed by atoms with van der Waals surface area (Å²) in [6.07, 6.45) is 3.36. The second-order valence-electron chi connectivity index (χ2n) is 3.20. The average Bonchev–Trinajstić information content (AvgIpc) is 2.31. The first-order valence-corrected chi connectivity index (χ1v) is 4.61. The van der Waals surface area contributed by atoms with Gasteiger partial charge in [0.25, 0.3) is 0 Å². The quantitative estimate of drug-likeness (QED) is 0.812. The summed E-state index contributed by atoms with van der Waals surface area (Å²) in [6.45, 7) is -0.287. The molecule has 15 heavy (non-hydrogen) atoms. The Morgan fingerprint density at radius 2 is 1.80 bits per heavy atom. The number of aliphatic hydroxyl groups is 1. The van der Waals surface area contributed by atoms with Crippen LogP contribution in [0.4, 0.5) is 4.39 Å². The second kappa shape index (κ2) is 4.19. The van der Waals surface area contributed by atoms with Crippen LogP contribution in [0.2, 0.25) is 0 Å². The lowest BCUT2D eigenvalue weighted by molar-refractivity contribution is 0.276. The molecule has 3 heteroatoms. The van der Waals surface area contributed by atoms with Gasteiger partial charge in [-0.1, -0.05) is 6.07 Å². The van der Waals surface area contributed by atoms with E-state index >= 15 is 0 Å². The van der Waals surface area contributed by atoms with Crippen molar-refractivity contribution >= 4 is 0 Å². The summed E-state index contributed by atoms with van der Waals surface area (Å²) in [4.78, 5) is 3.91. The van der Waals surface area contributed by atoms with Gasteiger partial charge in [0.1, 0.15) is 5.82 Å². The molecule has 0 aliphatic rings. The number of aromatic nitrogens is 1. The normalized spacial score (nSPS) is 10.3. The molecule has 0 aliphatic carbocycles. The molecule has 1 aromatic carbocycles. The average molecular weight is 203 g/mol. The maximum Gasteiger partial charge on any atom is 0.128 e. The number of hydrogen-bond acceptors (Lipinski definition) is 2. The van der Waals surface area contributed by atoms with Gasteiger partial charge in [-0.3, -0.25) is 4.98 Å². The van der Waals surface area contributed by atoms with Crippen molar-refractivity contribution < 1.29 is 9.50 Å². The molecular weight excluding hydrogens is 193 g/mol. The van der Waals surface area contributed by atoms with E-state index in [9.17, 15) is 4.39 Å². The molecule has 0 aliphatic heterocycles. The van der Waals surface area contributed by atoms with Crippen LogP contribution in [-0.4, -0.2) is 10.1 Å². The highest BCUT2D eigenvalue weighted by molar-refractivity contribution is 5.63. The van der Waals surface area contributed by atoms with Gasteiger partial charge < -0.3 is 5.11 Å². The molecule has 0 spiro atoms. The lowest BCUT2D eigenvalue weighted by Crippen LogP contribution is -1.90. The van der Waals surface area contributed by atoms with E-state index in [0.717, 1.165) is 11.1 Å². The Labute approximate surface area is 87.0 Å². The Bertz CT molecular complexity index is 456. The summed E-state index contributed by atoms with van der Waals surface area (Å²) in [5.41, 5.74) is 2.15. The molecule has 0 fully saturated rings. The number of benzene rings is 1. The molecule has 2 aromatic rings. The predicted molar refractivity (Wildman–Crippen MR) is 55.6 cm³/mol. The molecule has 0 saturated heterocycles. The van der Waals surface area contributed by atoms with Crippen LogP contribution in [0.3, 0.4) is 0 Å². The number of rotatable bonds is 2. The molecule has 1 heterocycles. The Kier molecular flexibility index (Phi) is 2.74. The third-order valence-corrected chi connectivity index (χ3v) is 2.23. The molecule has 0 unspecified atom stereocenters. The monoisotopic (exact) mass is 203 g/mol. The van der Waals surface area contributed by atoms with Crippen LogP contribution >= 0.6 is 0 Å². The van der Waals surface area contributed by atoms with E-state index in [-0.39, 0.29) is 12.4 Å². The van der Waals surface area contributed by atoms with E-state index < -0.39 is 0 Å². The van der Waals surface area contributed by atoms with Gasteiger partial charge in [0.05, 0.1) is 6.61 Å². The van der Waals surface area contributed by atoms with E-state index in [1.54, 1.807) is 24.5 Å². The molecule has 0 atom stereocenters. The van der Waals surface area contributed by atoms with E-state index in [4.69, 9.17) is 5.11 Å². The minimum Gasteiger partial charge on any atom is -0.392 e. The highest BCUT2D eigenvalue weighted by atomic mass is 19.1. The predicted octanol–water partition coefficient (Wildman–Crippen LogP) is 2.38. The SMILES string of the molecule is OCc1cc(-c2ccncc2)ccc1F. The van der Waals surface area contributed by atoms with Gasteiger partial charge >= 0.3 is 0 Å². The van der Waals surface area contributed by atoms with Crippen molar-refractivity contribution in [2.24, 2.45) is 0 Å². The number of pyridine rings is 1. The van der Waals surface area contributed by atoms with Crippen LogP contribution in [-0.2, 0) is 6.61 Å². The molecule has 1 N–H and O–H groups in total. The van der Waals surface area contributed by atoms with Gasteiger partial charge in [0, 0.05) is 18.0 Å². The summed E-state index contributed by atoms with van der Waals surface area (Å²) in [6, 6.07) is 8.37. The van der Waals surface area contributed by atoms with Crippen LogP contribution in [0.15, 0.2) is 42.7 Å². The molecule has 0 bridgehead atoms. The zero-order valence-corrected chi connectivity index (χ0v) is 8.02. The summed E-state index contributed by atoms with van der Waals surface area (Å²) in [5.74, 6) is -0.379. The summed E-state index contributed by atoms with van der Waals surface area (Å²) in [5, 5.41) is 8.94. The fraction of sp³-hybridized carbons (Fsp3) is 0.0833. The van der Waals surface area contributed by atoms with Crippen LogP contribution in [0.25, 0.3) is 11.1 Å². The van der Waals surface area contributed by atoms with Gasteiger partial charge in [-0.05, 0) is 35.4 Å². The highest BCUT2D eigenvalue weighted by Crippen LogP contribution is 2.21. The van der Waals surface area contributed by atoms with Crippen LogP contribution in [0.5, 0.6) is 0 Å². The molecule has 2 nitrogen and oxygen atoms in total. The van der Waals surface area contributed by atoms with Crippen molar-refractivity contribution in [2.75, 3.05) is 0 Å². The van der Waals surface area contributed by atoms with E-state index in [1.165, 1.54) is 6.07 Å². The summed E-state index contributed by atoms with van der Waals surface area (Å²) < 4.78 is 13.1. The lowest BCUT2D eigenvalue weighted by atomic mass is 10.0. The third-order valence-electron chi connectivity index (χ3n) is 2.23.